The zero-order valence-electron chi connectivity index (χ0n) is 11.6. The number of hydrogen-bond donors (Lipinski definition) is 4. The van der Waals surface area contributed by atoms with Gasteiger partial charge in [-0.1, -0.05) is 17.7 Å². The van der Waals surface area contributed by atoms with E-state index in [1.807, 2.05) is 0 Å². The maximum absolute atomic E-state index is 12.9. The van der Waals surface area contributed by atoms with Crippen LogP contribution in [0.2, 0.25) is 0 Å². The first kappa shape index (κ1) is 18.7. The van der Waals surface area contributed by atoms with Crippen molar-refractivity contribution in [3.8, 4) is 0 Å². The fraction of sp³-hybridized carbons (Fsp3) is 0.462. The molecule has 1 aromatic rings. The Morgan fingerprint density at radius 2 is 1.50 bits per heavy atom. The summed E-state index contributed by atoms with van der Waals surface area (Å²) < 4.78 is 37.1. The van der Waals surface area contributed by atoms with Gasteiger partial charge in [0.25, 0.3) is 0 Å². The van der Waals surface area contributed by atoms with Gasteiger partial charge in [-0.3, -0.25) is 0 Å². The molecule has 0 amide bonds. The first-order valence-corrected chi connectivity index (χ1v) is 7.79. The molecule has 4 N–H and O–H groups in total. The third-order valence-corrected chi connectivity index (χ3v) is 4.96. The summed E-state index contributed by atoms with van der Waals surface area (Å²) in [4.78, 5) is 9.86. The van der Waals surface area contributed by atoms with Crippen molar-refractivity contribution in [2.75, 3.05) is 0 Å². The van der Waals surface area contributed by atoms with Gasteiger partial charge in [-0.05, 0) is 19.1 Å². The summed E-state index contributed by atoms with van der Waals surface area (Å²) in [7, 11) is -4.44. The number of halogens is 1. The van der Waals surface area contributed by atoms with Crippen LogP contribution in [0.3, 0.4) is 0 Å². The van der Waals surface area contributed by atoms with Crippen molar-refractivity contribution in [2.45, 2.75) is 41.7 Å². The van der Waals surface area contributed by atoms with Gasteiger partial charge in [-0.15, -0.1) is 0 Å². The van der Waals surface area contributed by atoms with E-state index < -0.39 is 39.8 Å². The third-order valence-electron chi connectivity index (χ3n) is 3.12. The van der Waals surface area contributed by atoms with Crippen LogP contribution >= 0.6 is 0 Å². The van der Waals surface area contributed by atoms with E-state index in [0.717, 1.165) is 5.56 Å². The lowest BCUT2D eigenvalue weighted by Gasteiger charge is -2.26. The van der Waals surface area contributed by atoms with Crippen LogP contribution < -0.4 is 0 Å². The second kappa shape index (κ2) is 7.25. The van der Waals surface area contributed by atoms with Crippen LogP contribution in [0.15, 0.2) is 29.2 Å². The average Bonchev–Trinajstić information content (AvgIpc) is 2.51. The molecule has 0 saturated heterocycles. The van der Waals surface area contributed by atoms with Crippen LogP contribution in [-0.2, 0) is 14.6 Å². The van der Waals surface area contributed by atoms with Gasteiger partial charge in [0, 0.05) is 0 Å². The van der Waals surface area contributed by atoms with E-state index in [0.29, 0.717) is 0 Å². The number of rotatable bonds is 7. The van der Waals surface area contributed by atoms with Crippen molar-refractivity contribution < 1.29 is 38.0 Å². The number of aliphatic hydroxyl groups excluding tert-OH is 4. The lowest BCUT2D eigenvalue weighted by atomic mass is 10.1. The molecule has 0 spiro atoms. The number of carbonyl (C=O) groups excluding carboxylic acids is 1. The molecule has 1 rings (SSSR count). The molecule has 0 aliphatic rings. The Bertz CT molecular complexity index is 601. The Morgan fingerprint density at radius 3 is 1.95 bits per heavy atom. The molecule has 5 atom stereocenters. The minimum absolute atomic E-state index is 0.318. The van der Waals surface area contributed by atoms with Crippen molar-refractivity contribution in [1.29, 1.82) is 0 Å². The summed E-state index contributed by atoms with van der Waals surface area (Å²) >= 11 is 0. The van der Waals surface area contributed by atoms with Crippen LogP contribution in [0.5, 0.6) is 0 Å². The Labute approximate surface area is 126 Å². The van der Waals surface area contributed by atoms with Gasteiger partial charge in [0.15, 0.2) is 17.9 Å². The zero-order chi connectivity index (χ0) is 17.1. The lowest BCUT2D eigenvalue weighted by molar-refractivity contribution is -0.129. The molecule has 7 nitrogen and oxygen atoms in total. The van der Waals surface area contributed by atoms with Crippen LogP contribution in [0.1, 0.15) is 5.56 Å². The van der Waals surface area contributed by atoms with Crippen molar-refractivity contribution in [2.24, 2.45) is 0 Å². The highest BCUT2D eigenvalue weighted by molar-refractivity contribution is 7.92. The van der Waals surface area contributed by atoms with Gasteiger partial charge in [0.05, 0.1) is 4.90 Å². The van der Waals surface area contributed by atoms with E-state index in [4.69, 9.17) is 0 Å². The Balaban J connectivity index is 3.00. The van der Waals surface area contributed by atoms with Crippen LogP contribution in [0.25, 0.3) is 0 Å². The van der Waals surface area contributed by atoms with E-state index >= 15 is 0 Å². The minimum Gasteiger partial charge on any atom is -0.387 e. The molecular formula is C13H17FO7S. The van der Waals surface area contributed by atoms with Crippen LogP contribution in [0, 0.1) is 6.92 Å². The van der Waals surface area contributed by atoms with Crippen molar-refractivity contribution in [3.05, 3.63) is 29.8 Å². The van der Waals surface area contributed by atoms with Gasteiger partial charge in [-0.25, -0.2) is 12.8 Å². The summed E-state index contributed by atoms with van der Waals surface area (Å²) in [6.07, 6.45) is -9.98. The molecule has 1 unspecified atom stereocenters. The molecule has 9 heteroatoms. The first-order valence-electron chi connectivity index (χ1n) is 6.25. The molecule has 0 radical (unpaired) electrons. The molecule has 0 aliphatic heterocycles. The quantitative estimate of drug-likeness (QED) is 0.455. The third kappa shape index (κ3) is 3.87. The Hall–Kier alpha value is -1.39. The highest BCUT2D eigenvalue weighted by atomic mass is 32.2. The maximum atomic E-state index is 12.9. The van der Waals surface area contributed by atoms with Crippen LogP contribution in [-0.4, -0.2) is 65.0 Å². The lowest BCUT2D eigenvalue weighted by Crippen LogP contribution is -2.50. The van der Waals surface area contributed by atoms with Gasteiger partial charge in [-0.2, -0.15) is 0 Å². The van der Waals surface area contributed by atoms with E-state index in [1.165, 1.54) is 24.3 Å². The molecule has 0 aliphatic carbocycles. The number of aldehydes is 1. The second-order valence-electron chi connectivity index (χ2n) is 4.80. The summed E-state index contributed by atoms with van der Waals surface area (Å²) in [5.41, 5.74) is -1.74. The first-order chi connectivity index (χ1) is 10.1. The fourth-order valence-electron chi connectivity index (χ4n) is 1.69. The number of aryl methyl sites for hydroxylation is 1. The number of alkyl halides is 1. The SMILES string of the molecule is Cc1ccc(S(=O)(=O)C(O)[C@@H](O)[C@@H](O)[C@H](O)[C@@H](F)C=O)cc1. The highest BCUT2D eigenvalue weighted by Gasteiger charge is 2.41. The van der Waals surface area contributed by atoms with Crippen LogP contribution in [0.4, 0.5) is 4.39 Å². The molecule has 0 fully saturated rings. The van der Waals surface area contributed by atoms with Gasteiger partial charge < -0.3 is 25.2 Å². The number of carbonyl (C=O) groups is 1. The Morgan fingerprint density at radius 1 is 1.00 bits per heavy atom. The molecule has 0 heterocycles. The Kier molecular flexibility index (Phi) is 6.15. The number of hydrogen-bond acceptors (Lipinski definition) is 7. The van der Waals surface area contributed by atoms with Gasteiger partial charge in [0.2, 0.25) is 9.84 Å². The fourth-order valence-corrected chi connectivity index (χ4v) is 3.01. The zero-order valence-corrected chi connectivity index (χ0v) is 12.4. The molecule has 22 heavy (non-hydrogen) atoms. The predicted octanol–water partition coefficient (Wildman–Crippen LogP) is -1.29. The minimum atomic E-state index is -4.44. The number of benzene rings is 1. The molecule has 124 valence electrons. The molecule has 1 aromatic carbocycles. The molecular weight excluding hydrogens is 319 g/mol. The largest absolute Gasteiger partial charge is 0.387 e. The van der Waals surface area contributed by atoms with E-state index in [9.17, 15) is 38.0 Å². The normalized spacial score (nSPS) is 19.0. The van der Waals surface area contributed by atoms with Crippen molar-refractivity contribution >= 4 is 16.1 Å². The molecule has 0 aromatic heterocycles. The van der Waals surface area contributed by atoms with E-state index in [2.05, 4.69) is 0 Å². The van der Waals surface area contributed by atoms with E-state index in [-0.39, 0.29) is 11.2 Å². The van der Waals surface area contributed by atoms with Crippen molar-refractivity contribution in [3.63, 3.8) is 0 Å². The maximum Gasteiger partial charge on any atom is 0.207 e. The van der Waals surface area contributed by atoms with E-state index in [1.54, 1.807) is 6.92 Å². The molecule has 0 bridgehead atoms. The summed E-state index contributed by atoms with van der Waals surface area (Å²) in [6, 6.07) is 5.29. The smallest absolute Gasteiger partial charge is 0.207 e. The van der Waals surface area contributed by atoms with Gasteiger partial charge in [0.1, 0.15) is 18.3 Å². The summed E-state index contributed by atoms with van der Waals surface area (Å²) in [5.74, 6) is 0. The average molecular weight is 336 g/mol. The van der Waals surface area contributed by atoms with Gasteiger partial charge >= 0.3 is 0 Å². The topological polar surface area (TPSA) is 132 Å². The standard InChI is InChI=1S/C13H17FO7S/c1-7-2-4-8(5-3-7)22(20,21)13(19)12(18)11(17)10(16)9(14)6-15/h2-6,9-13,16-19H,1H3/t9-,10+,11-,12-,13?/m0/s1. The molecule has 0 saturated carbocycles. The number of sulfone groups is 1. The summed E-state index contributed by atoms with van der Waals surface area (Å²) in [5, 5.41) is 38.1. The summed E-state index contributed by atoms with van der Waals surface area (Å²) in [6.45, 7) is 1.71. The number of aliphatic hydroxyl groups is 4. The second-order valence-corrected chi connectivity index (χ2v) is 6.85. The van der Waals surface area contributed by atoms with Crippen molar-refractivity contribution in [1.82, 2.24) is 0 Å². The predicted molar refractivity (Wildman–Crippen MR) is 73.4 cm³/mol. The monoisotopic (exact) mass is 336 g/mol. The highest BCUT2D eigenvalue weighted by Crippen LogP contribution is 2.20.